The number of ether oxygens (including phenoxy) is 1. The van der Waals surface area contributed by atoms with Crippen LogP contribution >= 0.6 is 7.51 Å². The van der Waals surface area contributed by atoms with Crippen molar-refractivity contribution in [3.63, 3.8) is 0 Å². The van der Waals surface area contributed by atoms with Crippen molar-refractivity contribution in [3.05, 3.63) is 48.5 Å². The van der Waals surface area contributed by atoms with E-state index in [1.165, 1.54) is 0 Å². The number of benzene rings is 2. The lowest BCUT2D eigenvalue weighted by Gasteiger charge is -2.40. The molecule has 2 aromatic rings. The number of nitrogens with zero attached hydrogens (tertiary/aromatic N) is 4. The van der Waals surface area contributed by atoms with E-state index in [0.29, 0.717) is 11.5 Å². The summed E-state index contributed by atoms with van der Waals surface area (Å²) < 4.78 is 11.8. The average molecular weight is 394 g/mol. The number of hydrogen-bond acceptors (Lipinski definition) is 5. The first-order valence-corrected chi connectivity index (χ1v) is 9.92. The van der Waals surface area contributed by atoms with Crippen molar-refractivity contribution in [3.8, 4) is 23.0 Å². The van der Waals surface area contributed by atoms with Gasteiger partial charge in [-0.3, -0.25) is 0 Å². The fourth-order valence-corrected chi connectivity index (χ4v) is 5.34. The highest BCUT2D eigenvalue weighted by atomic mass is 31.2. The average Bonchev–Trinajstić information content (AvgIpc) is 2.62. The normalized spacial score (nSPS) is 11.9. The smallest absolute Gasteiger partial charge is 0.213 e. The number of phenols is 2. The van der Waals surface area contributed by atoms with E-state index < -0.39 is 7.51 Å². The summed E-state index contributed by atoms with van der Waals surface area (Å²) in [7, 11) is 7.28. The Morgan fingerprint density at radius 3 is 1.67 bits per heavy atom. The highest BCUT2D eigenvalue weighted by molar-refractivity contribution is 7.58. The summed E-state index contributed by atoms with van der Waals surface area (Å²) >= 11 is 0. The summed E-state index contributed by atoms with van der Waals surface area (Å²) in [6, 6.07) is 13.0. The predicted octanol–water partition coefficient (Wildman–Crippen LogP) is 3.43. The molecule has 0 bridgehead atoms. The van der Waals surface area contributed by atoms with Crippen molar-refractivity contribution in [2.75, 3.05) is 42.0 Å². The number of aromatic hydroxyl groups is 2. The van der Waals surface area contributed by atoms with Crippen LogP contribution in [0.25, 0.3) is 0 Å². The molecule has 0 radical (unpaired) electrons. The summed E-state index contributed by atoms with van der Waals surface area (Å²) in [5.74, 6) is 1.54. The maximum absolute atomic E-state index is 9.41. The maximum atomic E-state index is 9.41. The van der Waals surface area contributed by atoms with Crippen LogP contribution in [0, 0.1) is 0 Å². The summed E-state index contributed by atoms with van der Waals surface area (Å²) in [5, 5.41) is 18.8. The molecule has 0 atom stereocenters. The third-order valence-corrected chi connectivity index (χ3v) is 7.36. The van der Waals surface area contributed by atoms with Gasteiger partial charge in [0.1, 0.15) is 24.0 Å². The first kappa shape index (κ1) is 21.1. The van der Waals surface area contributed by atoms with Crippen LogP contribution in [0.5, 0.6) is 23.0 Å². The van der Waals surface area contributed by atoms with Gasteiger partial charge in [0.05, 0.1) is 0 Å². The quantitative estimate of drug-likeness (QED) is 0.403. The molecule has 0 saturated carbocycles. The van der Waals surface area contributed by atoms with Gasteiger partial charge in [0.2, 0.25) is 7.51 Å². The van der Waals surface area contributed by atoms with Crippen LogP contribution in [0.4, 0.5) is 0 Å². The lowest BCUT2D eigenvalue weighted by atomic mass is 10.3. The third kappa shape index (κ3) is 5.14. The van der Waals surface area contributed by atoms with Crippen LogP contribution in [-0.2, 0) is 0 Å². The lowest BCUT2D eigenvalue weighted by Crippen LogP contribution is -2.35. The van der Waals surface area contributed by atoms with Crippen LogP contribution in [0.2, 0.25) is 0 Å². The molecule has 0 spiro atoms. The van der Waals surface area contributed by atoms with Crippen LogP contribution in [0.1, 0.15) is 0 Å². The molecule has 0 aliphatic rings. The minimum atomic E-state index is -2.39. The predicted molar refractivity (Wildman–Crippen MR) is 107 cm³/mol. The maximum Gasteiger partial charge on any atom is 0.213 e. The third-order valence-electron chi connectivity index (χ3n) is 3.88. The first-order valence-electron chi connectivity index (χ1n) is 8.32. The van der Waals surface area contributed by atoms with Crippen molar-refractivity contribution in [2.45, 2.75) is 0 Å². The summed E-state index contributed by atoms with van der Waals surface area (Å²) in [6.45, 7) is 0.275. The molecule has 0 aromatic heterocycles. The molecule has 0 saturated heterocycles. The Balaban J connectivity index is 2.24. The fourth-order valence-electron chi connectivity index (χ4n) is 2.57. The van der Waals surface area contributed by atoms with Gasteiger partial charge >= 0.3 is 0 Å². The van der Waals surface area contributed by atoms with Gasteiger partial charge < -0.3 is 19.8 Å². The van der Waals surface area contributed by atoms with Crippen molar-refractivity contribution in [1.82, 2.24) is 14.0 Å². The number of phenolic OH excluding ortho intramolecular Hbond substituents is 2. The molecule has 8 nitrogen and oxygen atoms in total. The number of rotatable bonds is 8. The van der Waals surface area contributed by atoms with E-state index >= 15 is 0 Å². The molecule has 2 N–H and O–H groups in total. The van der Waals surface area contributed by atoms with E-state index in [9.17, 15) is 10.2 Å². The highest BCUT2D eigenvalue weighted by Gasteiger charge is 2.33. The molecule has 27 heavy (non-hydrogen) atoms. The second kappa shape index (κ2) is 9.10. The van der Waals surface area contributed by atoms with E-state index in [1.807, 2.05) is 49.2 Å². The molecule has 2 rings (SSSR count). The zero-order chi connectivity index (χ0) is 20.0. The van der Waals surface area contributed by atoms with E-state index in [2.05, 4.69) is 4.91 Å². The fraction of sp³-hybridized carbons (Fsp3) is 0.333. The van der Waals surface area contributed by atoms with Crippen molar-refractivity contribution < 1.29 is 19.8 Å². The Labute approximate surface area is 160 Å². The monoisotopic (exact) mass is 394 g/mol. The molecular weight excluding hydrogens is 367 g/mol. The molecular formula is C18H27N4O4P. The molecule has 0 heterocycles. The van der Waals surface area contributed by atoms with Gasteiger partial charge in [-0.25, -0.2) is 14.0 Å². The summed E-state index contributed by atoms with van der Waals surface area (Å²) in [6.07, 6.45) is 0. The van der Waals surface area contributed by atoms with Crippen LogP contribution < -0.4 is 9.57 Å². The molecule has 9 heteroatoms. The molecule has 148 valence electrons. The van der Waals surface area contributed by atoms with Gasteiger partial charge in [-0.1, -0.05) is 4.91 Å². The number of hydrogen-bond donors (Lipinski definition) is 2. The van der Waals surface area contributed by atoms with Gasteiger partial charge in [-0.2, -0.15) is 0 Å². The topological polar surface area (TPSA) is 81.0 Å². The van der Waals surface area contributed by atoms with Crippen molar-refractivity contribution >= 4 is 7.51 Å². The summed E-state index contributed by atoms with van der Waals surface area (Å²) in [4.78, 5) is 10.3. The van der Waals surface area contributed by atoms with Crippen LogP contribution in [0.3, 0.4) is 0 Å². The minimum Gasteiger partial charge on any atom is -0.508 e. The minimum absolute atomic E-state index is 0.169. The van der Waals surface area contributed by atoms with Gasteiger partial charge in [0.25, 0.3) is 0 Å². The zero-order valence-electron chi connectivity index (χ0n) is 16.3. The molecule has 0 unspecified atom stereocenters. The van der Waals surface area contributed by atoms with Crippen LogP contribution in [0.15, 0.2) is 53.4 Å². The Morgan fingerprint density at radius 2 is 1.22 bits per heavy atom. The van der Waals surface area contributed by atoms with E-state index in [-0.39, 0.29) is 18.2 Å². The van der Waals surface area contributed by atoms with Gasteiger partial charge in [-0.05, 0) is 83.8 Å². The van der Waals surface area contributed by atoms with Gasteiger partial charge in [0.15, 0.2) is 5.75 Å². The molecule has 0 aliphatic carbocycles. The zero-order valence-corrected chi connectivity index (χ0v) is 17.2. The summed E-state index contributed by atoms with van der Waals surface area (Å²) in [5.41, 5.74) is 0. The highest BCUT2D eigenvalue weighted by Crippen LogP contribution is 2.55. The standard InChI is InChI=1S/C18H27N4O4P/c1-20(2)27(21(3)4,19-26-18-12-8-16(24)9-13-18)22(5)14-25-17-10-6-15(23)7-11-17/h6-13,23-24H,14H2,1-5H3. The van der Waals surface area contributed by atoms with Crippen LogP contribution in [-0.4, -0.2) is 66.2 Å². The van der Waals surface area contributed by atoms with E-state index in [1.54, 1.807) is 48.5 Å². The first-order chi connectivity index (χ1) is 12.8. The van der Waals surface area contributed by atoms with Gasteiger partial charge in [-0.15, -0.1) is 0 Å². The van der Waals surface area contributed by atoms with E-state index in [0.717, 1.165) is 0 Å². The van der Waals surface area contributed by atoms with Crippen molar-refractivity contribution in [1.29, 1.82) is 0 Å². The molecule has 2 aromatic carbocycles. The lowest BCUT2D eigenvalue weighted by molar-refractivity contribution is 0.207. The Bertz CT molecular complexity index is 767. The Kier molecular flexibility index (Phi) is 7.10. The van der Waals surface area contributed by atoms with Crippen molar-refractivity contribution in [2.24, 2.45) is 4.91 Å². The Hall–Kier alpha value is -2.25. The second-order valence-corrected chi connectivity index (χ2v) is 9.84. The SMILES string of the molecule is CN(C)P(=NOc1ccc(O)cc1)(N(C)C)N(C)COc1ccc(O)cc1. The second-order valence-electron chi connectivity index (χ2n) is 6.32. The van der Waals surface area contributed by atoms with E-state index in [4.69, 9.17) is 9.57 Å². The van der Waals surface area contributed by atoms with Gasteiger partial charge in [0, 0.05) is 0 Å². The Morgan fingerprint density at radius 1 is 0.778 bits per heavy atom. The largest absolute Gasteiger partial charge is 0.508 e. The molecule has 0 amide bonds. The molecule has 0 fully saturated rings. The molecule has 0 aliphatic heterocycles.